The molecule has 0 amide bonds. The molecule has 0 bridgehead atoms. The average molecular weight is 352 g/mol. The molecular weight excluding hydrogens is 336 g/mol. The van der Waals surface area contributed by atoms with Crippen LogP contribution in [-0.2, 0) is 9.84 Å². The Labute approximate surface area is 145 Å². The van der Waals surface area contributed by atoms with Crippen molar-refractivity contribution in [1.29, 1.82) is 0 Å². The van der Waals surface area contributed by atoms with Crippen LogP contribution in [0.2, 0.25) is 0 Å². The van der Waals surface area contributed by atoms with Crippen molar-refractivity contribution < 1.29 is 13.5 Å². The summed E-state index contributed by atoms with van der Waals surface area (Å²) in [5.41, 5.74) is 4.65. The molecule has 2 aromatic carbocycles. The zero-order valence-electron chi connectivity index (χ0n) is 13.7. The number of aromatic nitrogens is 1. The van der Waals surface area contributed by atoms with Gasteiger partial charge in [0.1, 0.15) is 5.75 Å². The number of fused-ring (bicyclic) bond motifs is 2. The number of benzene rings is 2. The molecule has 4 rings (SSSR count). The number of phenols is 1. The van der Waals surface area contributed by atoms with E-state index >= 15 is 0 Å². The zero-order chi connectivity index (χ0) is 17.8. The van der Waals surface area contributed by atoms with Crippen molar-refractivity contribution in [2.24, 2.45) is 0 Å². The fourth-order valence-corrected chi connectivity index (χ4v) is 4.65. The van der Waals surface area contributed by atoms with Crippen LogP contribution >= 0.6 is 0 Å². The van der Waals surface area contributed by atoms with Crippen molar-refractivity contribution in [3.8, 4) is 5.75 Å². The van der Waals surface area contributed by atoms with E-state index < -0.39 is 9.84 Å². The molecule has 126 valence electrons. The van der Waals surface area contributed by atoms with E-state index in [1.165, 1.54) is 5.41 Å². The van der Waals surface area contributed by atoms with E-state index in [2.05, 4.69) is 10.3 Å². The highest BCUT2D eigenvalue weighted by molar-refractivity contribution is 7.95. The lowest BCUT2D eigenvalue weighted by Crippen LogP contribution is -1.98. The number of nitrogens with one attached hydrogen (secondary N) is 1. The molecule has 0 radical (unpaired) electrons. The predicted molar refractivity (Wildman–Crippen MR) is 98.7 cm³/mol. The molecule has 0 saturated heterocycles. The fourth-order valence-electron chi connectivity index (χ4n) is 3.12. The number of anilines is 2. The summed E-state index contributed by atoms with van der Waals surface area (Å²) < 4.78 is 24.6. The summed E-state index contributed by atoms with van der Waals surface area (Å²) in [5, 5.41) is 14.9. The van der Waals surface area contributed by atoms with Crippen molar-refractivity contribution in [2.75, 3.05) is 5.32 Å². The van der Waals surface area contributed by atoms with Crippen LogP contribution in [-0.4, -0.2) is 18.5 Å². The van der Waals surface area contributed by atoms with Crippen LogP contribution in [0.4, 0.5) is 11.4 Å². The van der Waals surface area contributed by atoms with Gasteiger partial charge in [-0.25, -0.2) is 8.42 Å². The van der Waals surface area contributed by atoms with Crippen molar-refractivity contribution >= 4 is 37.7 Å². The molecule has 25 heavy (non-hydrogen) atoms. The summed E-state index contributed by atoms with van der Waals surface area (Å²) in [6.07, 6.45) is 1.69. The third-order valence-corrected chi connectivity index (χ3v) is 6.00. The number of hydrogen-bond acceptors (Lipinski definition) is 5. The van der Waals surface area contributed by atoms with Crippen molar-refractivity contribution in [3.05, 3.63) is 59.1 Å². The molecule has 3 aromatic rings. The highest BCUT2D eigenvalue weighted by Crippen LogP contribution is 2.38. The van der Waals surface area contributed by atoms with Crippen LogP contribution in [0.1, 0.15) is 18.1 Å². The first-order valence-corrected chi connectivity index (χ1v) is 9.33. The fraction of sp³-hybridized carbons (Fsp3) is 0.105. The second-order valence-electron chi connectivity index (χ2n) is 6.19. The summed E-state index contributed by atoms with van der Waals surface area (Å²) in [7, 11) is -3.40. The van der Waals surface area contributed by atoms with E-state index in [1.54, 1.807) is 37.4 Å². The van der Waals surface area contributed by atoms with Crippen LogP contribution in [0, 0.1) is 6.92 Å². The molecule has 2 heterocycles. The maximum atomic E-state index is 12.3. The number of aromatic hydroxyl groups is 1. The minimum absolute atomic E-state index is 0.202. The van der Waals surface area contributed by atoms with Gasteiger partial charge < -0.3 is 10.4 Å². The zero-order valence-corrected chi connectivity index (χ0v) is 14.6. The first kappa shape index (κ1) is 15.7. The van der Waals surface area contributed by atoms with Gasteiger partial charge in [-0.05, 0) is 66.9 Å². The van der Waals surface area contributed by atoms with Gasteiger partial charge in [-0.2, -0.15) is 0 Å². The van der Waals surface area contributed by atoms with Crippen molar-refractivity contribution in [1.82, 2.24) is 4.98 Å². The Balaban J connectivity index is 1.89. The molecule has 0 unspecified atom stereocenters. The largest absolute Gasteiger partial charge is 0.508 e. The molecule has 1 aliphatic rings. The van der Waals surface area contributed by atoms with E-state index in [-0.39, 0.29) is 5.75 Å². The Morgan fingerprint density at radius 2 is 1.84 bits per heavy atom. The normalized spacial score (nSPS) is 15.0. The van der Waals surface area contributed by atoms with Gasteiger partial charge >= 0.3 is 0 Å². The monoisotopic (exact) mass is 352 g/mol. The molecule has 1 aromatic heterocycles. The van der Waals surface area contributed by atoms with Crippen LogP contribution in [0.5, 0.6) is 5.75 Å². The summed E-state index contributed by atoms with van der Waals surface area (Å²) in [6.45, 7) is 3.68. The van der Waals surface area contributed by atoms with E-state index in [4.69, 9.17) is 0 Å². The number of nitrogens with zero attached hydrogens (tertiary/aromatic N) is 1. The molecule has 0 saturated carbocycles. The van der Waals surface area contributed by atoms with Gasteiger partial charge in [0.2, 0.25) is 9.84 Å². The molecule has 1 aliphatic heterocycles. The van der Waals surface area contributed by atoms with Gasteiger partial charge in [-0.15, -0.1) is 0 Å². The smallest absolute Gasteiger partial charge is 0.200 e. The van der Waals surface area contributed by atoms with E-state index in [1.807, 2.05) is 19.1 Å². The lowest BCUT2D eigenvalue weighted by molar-refractivity contribution is 0.475. The van der Waals surface area contributed by atoms with Crippen molar-refractivity contribution in [3.63, 3.8) is 0 Å². The number of hydrogen-bond donors (Lipinski definition) is 2. The highest BCUT2D eigenvalue weighted by atomic mass is 32.2. The molecule has 0 spiro atoms. The van der Waals surface area contributed by atoms with Gasteiger partial charge in [0, 0.05) is 28.4 Å². The molecule has 0 atom stereocenters. The van der Waals surface area contributed by atoms with E-state index in [0.717, 1.165) is 33.4 Å². The van der Waals surface area contributed by atoms with Crippen LogP contribution in [0.25, 0.3) is 16.5 Å². The molecule has 0 aliphatic carbocycles. The first-order valence-electron chi connectivity index (χ1n) is 7.78. The van der Waals surface area contributed by atoms with Gasteiger partial charge in [0.25, 0.3) is 0 Å². The highest BCUT2D eigenvalue weighted by Gasteiger charge is 2.26. The maximum absolute atomic E-state index is 12.3. The number of rotatable bonds is 2. The molecular formula is C19H16N2O3S. The third-order valence-electron chi connectivity index (χ3n) is 4.39. The second-order valence-corrected chi connectivity index (χ2v) is 7.96. The number of allylic oxidation sites excluding steroid dienone is 1. The second kappa shape index (κ2) is 5.32. The lowest BCUT2D eigenvalue weighted by atomic mass is 10.1. The summed E-state index contributed by atoms with van der Waals surface area (Å²) in [5.74, 6) is 0.202. The topological polar surface area (TPSA) is 79.3 Å². The Hall–Kier alpha value is -2.86. The predicted octanol–water partition coefficient (Wildman–Crippen LogP) is 4.14. The number of phenolic OH excluding ortho intramolecular Hbond substituents is 1. The number of sulfone groups is 1. The van der Waals surface area contributed by atoms with Crippen LogP contribution in [0.3, 0.4) is 0 Å². The third kappa shape index (κ3) is 2.55. The molecule has 0 fully saturated rings. The lowest BCUT2D eigenvalue weighted by Gasteiger charge is -2.13. The summed E-state index contributed by atoms with van der Waals surface area (Å²) in [6, 6.07) is 10.4. The first-order chi connectivity index (χ1) is 11.8. The summed E-state index contributed by atoms with van der Waals surface area (Å²) in [4.78, 5) is 4.69. The quantitative estimate of drug-likeness (QED) is 0.678. The number of pyridine rings is 1. The van der Waals surface area contributed by atoms with E-state index in [0.29, 0.717) is 10.5 Å². The maximum Gasteiger partial charge on any atom is 0.200 e. The van der Waals surface area contributed by atoms with Gasteiger partial charge in [0.05, 0.1) is 10.4 Å². The average Bonchev–Trinajstić information content (AvgIpc) is 2.78. The molecule has 2 N–H and O–H groups in total. The Bertz CT molecular complexity index is 1160. The Morgan fingerprint density at radius 3 is 2.60 bits per heavy atom. The Morgan fingerprint density at radius 1 is 1.04 bits per heavy atom. The Kier molecular flexibility index (Phi) is 3.33. The van der Waals surface area contributed by atoms with Gasteiger partial charge in [-0.3, -0.25) is 4.98 Å². The van der Waals surface area contributed by atoms with Gasteiger partial charge in [0.15, 0.2) is 0 Å². The number of aryl methyl sites for hydroxylation is 1. The standard InChI is InChI=1S/C19H16N2O3S/c1-11-7-13(22)3-4-16(11)21-17-5-6-20-18-8-14-12(2)10-25(23,24)19(14)9-15(17)18/h3-10,22H,1-2H3,(H,20,21). The molecule has 6 heteroatoms. The van der Waals surface area contributed by atoms with Gasteiger partial charge in [-0.1, -0.05) is 0 Å². The summed E-state index contributed by atoms with van der Waals surface area (Å²) >= 11 is 0. The van der Waals surface area contributed by atoms with Crippen LogP contribution < -0.4 is 5.32 Å². The SMILES string of the molecule is CC1=CS(=O)(=O)c2cc3c(Nc4ccc(O)cc4C)ccnc3cc21. The molecule has 5 nitrogen and oxygen atoms in total. The van der Waals surface area contributed by atoms with E-state index in [9.17, 15) is 13.5 Å². The van der Waals surface area contributed by atoms with Crippen LogP contribution in [0.15, 0.2) is 52.9 Å². The minimum atomic E-state index is -3.40. The van der Waals surface area contributed by atoms with Crippen molar-refractivity contribution in [2.45, 2.75) is 18.7 Å². The minimum Gasteiger partial charge on any atom is -0.508 e.